The second kappa shape index (κ2) is 5.25. The molecule has 3 N–H and O–H groups in total. The van der Waals surface area contributed by atoms with Gasteiger partial charge in [0, 0.05) is 11.6 Å². The minimum Gasteiger partial charge on any atom is -0.373 e. The van der Waals surface area contributed by atoms with Crippen LogP contribution < -0.4 is 11.3 Å². The number of ether oxygens (including phenoxy) is 1. The number of hydrogen-bond donors (Lipinski definition) is 2. The Hall–Kier alpha value is -1.49. The largest absolute Gasteiger partial charge is 0.373 e. The molecule has 1 aliphatic rings. The third-order valence-corrected chi connectivity index (χ3v) is 3.80. The Kier molecular flexibility index (Phi) is 3.46. The lowest BCUT2D eigenvalue weighted by atomic mass is 9.98. The number of benzene rings is 1. The van der Waals surface area contributed by atoms with Crippen molar-refractivity contribution >= 4 is 10.9 Å². The van der Waals surface area contributed by atoms with Gasteiger partial charge in [-0.15, -0.1) is 0 Å². The van der Waals surface area contributed by atoms with Crippen LogP contribution in [0.3, 0.4) is 0 Å². The third-order valence-electron chi connectivity index (χ3n) is 3.80. The SMILES string of the molecule is CC1CCC(C(NN)c2ccc3ncccc3c2)O1. The van der Waals surface area contributed by atoms with Crippen LogP contribution >= 0.6 is 0 Å². The lowest BCUT2D eigenvalue weighted by Gasteiger charge is -2.23. The molecule has 1 aromatic heterocycles. The highest BCUT2D eigenvalue weighted by atomic mass is 16.5. The predicted octanol–water partition coefficient (Wildman–Crippen LogP) is 2.31. The minimum absolute atomic E-state index is 0.0366. The molecule has 2 heterocycles. The second-order valence-corrected chi connectivity index (χ2v) is 5.16. The molecule has 0 amide bonds. The summed E-state index contributed by atoms with van der Waals surface area (Å²) in [5.74, 6) is 5.73. The molecule has 0 saturated carbocycles. The van der Waals surface area contributed by atoms with Gasteiger partial charge in [-0.2, -0.15) is 0 Å². The number of pyridine rings is 1. The van der Waals surface area contributed by atoms with Crippen LogP contribution in [0.4, 0.5) is 0 Å². The van der Waals surface area contributed by atoms with E-state index in [1.165, 1.54) is 0 Å². The summed E-state index contributed by atoms with van der Waals surface area (Å²) < 4.78 is 5.92. The Bertz CT molecular complexity index is 572. The summed E-state index contributed by atoms with van der Waals surface area (Å²) >= 11 is 0. The summed E-state index contributed by atoms with van der Waals surface area (Å²) in [5.41, 5.74) is 5.06. The van der Waals surface area contributed by atoms with E-state index in [0.717, 1.165) is 29.3 Å². The second-order valence-electron chi connectivity index (χ2n) is 5.16. The summed E-state index contributed by atoms with van der Waals surface area (Å²) in [7, 11) is 0. The maximum atomic E-state index is 5.92. The van der Waals surface area contributed by atoms with Gasteiger partial charge in [0.2, 0.25) is 0 Å². The average Bonchev–Trinajstić information content (AvgIpc) is 2.86. The molecule has 4 heteroatoms. The fourth-order valence-electron chi connectivity index (χ4n) is 2.78. The van der Waals surface area contributed by atoms with Gasteiger partial charge in [-0.1, -0.05) is 12.1 Å². The van der Waals surface area contributed by atoms with E-state index < -0.39 is 0 Å². The Labute approximate surface area is 112 Å². The van der Waals surface area contributed by atoms with E-state index in [2.05, 4.69) is 35.5 Å². The van der Waals surface area contributed by atoms with E-state index in [9.17, 15) is 0 Å². The zero-order valence-electron chi connectivity index (χ0n) is 11.0. The molecule has 0 spiro atoms. The topological polar surface area (TPSA) is 60.2 Å². The molecule has 0 bridgehead atoms. The molecule has 1 fully saturated rings. The molecule has 19 heavy (non-hydrogen) atoms. The van der Waals surface area contributed by atoms with E-state index in [-0.39, 0.29) is 12.1 Å². The average molecular weight is 257 g/mol. The lowest BCUT2D eigenvalue weighted by Crippen LogP contribution is -2.36. The number of rotatable bonds is 3. The normalized spacial score (nSPS) is 24.7. The molecule has 0 aliphatic carbocycles. The predicted molar refractivity (Wildman–Crippen MR) is 75.4 cm³/mol. The van der Waals surface area contributed by atoms with Gasteiger partial charge in [0.05, 0.1) is 23.8 Å². The van der Waals surface area contributed by atoms with E-state index >= 15 is 0 Å². The van der Waals surface area contributed by atoms with E-state index in [1.54, 1.807) is 0 Å². The Morgan fingerprint density at radius 1 is 1.37 bits per heavy atom. The van der Waals surface area contributed by atoms with E-state index in [0.29, 0.717) is 6.10 Å². The fourth-order valence-corrected chi connectivity index (χ4v) is 2.78. The van der Waals surface area contributed by atoms with Gasteiger partial charge in [0.25, 0.3) is 0 Å². The first-order chi connectivity index (χ1) is 9.28. The van der Waals surface area contributed by atoms with Crippen molar-refractivity contribution in [1.29, 1.82) is 0 Å². The van der Waals surface area contributed by atoms with Crippen LogP contribution in [0, 0.1) is 0 Å². The van der Waals surface area contributed by atoms with Crippen molar-refractivity contribution in [2.45, 2.75) is 38.0 Å². The van der Waals surface area contributed by atoms with Crippen molar-refractivity contribution in [1.82, 2.24) is 10.4 Å². The molecule has 4 nitrogen and oxygen atoms in total. The zero-order chi connectivity index (χ0) is 13.2. The van der Waals surface area contributed by atoms with Crippen LogP contribution in [0.2, 0.25) is 0 Å². The van der Waals surface area contributed by atoms with Gasteiger partial charge >= 0.3 is 0 Å². The van der Waals surface area contributed by atoms with Crippen molar-refractivity contribution in [3.05, 3.63) is 42.1 Å². The van der Waals surface area contributed by atoms with Crippen LogP contribution in [-0.2, 0) is 4.74 Å². The Balaban J connectivity index is 1.92. The monoisotopic (exact) mass is 257 g/mol. The summed E-state index contributed by atoms with van der Waals surface area (Å²) in [5, 5.41) is 1.13. The molecule has 0 radical (unpaired) electrons. The highest BCUT2D eigenvalue weighted by Crippen LogP contribution is 2.30. The first-order valence-corrected chi connectivity index (χ1v) is 6.74. The number of hydrogen-bond acceptors (Lipinski definition) is 4. The molecule has 1 aromatic carbocycles. The molecular formula is C15H19N3O. The number of nitrogens with zero attached hydrogens (tertiary/aromatic N) is 1. The maximum absolute atomic E-state index is 5.92. The van der Waals surface area contributed by atoms with Crippen molar-refractivity contribution in [3.63, 3.8) is 0 Å². The molecule has 2 aromatic rings. The summed E-state index contributed by atoms with van der Waals surface area (Å²) in [6, 6.07) is 10.3. The van der Waals surface area contributed by atoms with E-state index in [1.807, 2.05) is 18.3 Å². The number of fused-ring (bicyclic) bond motifs is 1. The molecule has 1 aliphatic heterocycles. The van der Waals surface area contributed by atoms with Gasteiger partial charge in [-0.25, -0.2) is 0 Å². The lowest BCUT2D eigenvalue weighted by molar-refractivity contribution is 0.0316. The smallest absolute Gasteiger partial charge is 0.0787 e. The van der Waals surface area contributed by atoms with Crippen LogP contribution in [0.1, 0.15) is 31.4 Å². The molecule has 3 rings (SSSR count). The maximum Gasteiger partial charge on any atom is 0.0787 e. The van der Waals surface area contributed by atoms with Crippen LogP contribution in [0.5, 0.6) is 0 Å². The van der Waals surface area contributed by atoms with Crippen LogP contribution in [0.15, 0.2) is 36.5 Å². The summed E-state index contributed by atoms with van der Waals surface area (Å²) in [6.07, 6.45) is 4.42. The number of aromatic nitrogens is 1. The first-order valence-electron chi connectivity index (χ1n) is 6.74. The van der Waals surface area contributed by atoms with Gasteiger partial charge in [0.15, 0.2) is 0 Å². The first kappa shape index (κ1) is 12.5. The Morgan fingerprint density at radius 3 is 3.00 bits per heavy atom. The zero-order valence-corrected chi connectivity index (χ0v) is 11.0. The summed E-state index contributed by atoms with van der Waals surface area (Å²) in [4.78, 5) is 4.33. The van der Waals surface area contributed by atoms with Gasteiger partial charge in [-0.3, -0.25) is 16.3 Å². The van der Waals surface area contributed by atoms with Crippen LogP contribution in [-0.4, -0.2) is 17.2 Å². The van der Waals surface area contributed by atoms with Gasteiger partial charge < -0.3 is 4.74 Å². The van der Waals surface area contributed by atoms with Crippen LogP contribution in [0.25, 0.3) is 10.9 Å². The van der Waals surface area contributed by atoms with Crippen molar-refractivity contribution < 1.29 is 4.74 Å². The van der Waals surface area contributed by atoms with E-state index in [4.69, 9.17) is 10.6 Å². The fraction of sp³-hybridized carbons (Fsp3) is 0.400. The van der Waals surface area contributed by atoms with Crippen molar-refractivity contribution in [2.24, 2.45) is 5.84 Å². The third kappa shape index (κ3) is 2.47. The summed E-state index contributed by atoms with van der Waals surface area (Å²) in [6.45, 7) is 2.11. The highest BCUT2D eigenvalue weighted by molar-refractivity contribution is 5.79. The molecule has 100 valence electrons. The highest BCUT2D eigenvalue weighted by Gasteiger charge is 2.30. The van der Waals surface area contributed by atoms with Gasteiger partial charge in [-0.05, 0) is 43.5 Å². The number of hydrazine groups is 1. The standard InChI is InChI=1S/C15H19N3O/c1-10-4-7-14(19-10)15(18-16)12-5-6-13-11(9-12)3-2-8-17-13/h2-3,5-6,8-10,14-15,18H,4,7,16H2,1H3. The Morgan fingerprint density at radius 2 is 2.26 bits per heavy atom. The number of nitrogens with one attached hydrogen (secondary N) is 1. The minimum atomic E-state index is 0.0366. The molecular weight excluding hydrogens is 238 g/mol. The number of nitrogens with two attached hydrogens (primary N) is 1. The molecule has 3 unspecified atom stereocenters. The molecule has 3 atom stereocenters. The quantitative estimate of drug-likeness (QED) is 0.654. The van der Waals surface area contributed by atoms with Crippen molar-refractivity contribution in [2.75, 3.05) is 0 Å². The van der Waals surface area contributed by atoms with Crippen molar-refractivity contribution in [3.8, 4) is 0 Å². The molecule has 1 saturated heterocycles. The van der Waals surface area contributed by atoms with Gasteiger partial charge in [0.1, 0.15) is 0 Å².